The van der Waals surface area contributed by atoms with E-state index >= 15 is 0 Å². The Morgan fingerprint density at radius 1 is 1.50 bits per heavy atom. The highest BCUT2D eigenvalue weighted by Gasteiger charge is 2.30. The molecule has 1 aromatic carbocycles. The number of carbonyl (C=O) groups is 1. The number of amides is 1. The Hall–Kier alpha value is -1.35. The summed E-state index contributed by atoms with van der Waals surface area (Å²) < 4.78 is 37.2. The minimum absolute atomic E-state index is 0.0303. The molecule has 1 aromatic rings. The normalized spacial score (nSPS) is 21.7. The first-order valence-electron chi connectivity index (χ1n) is 6.61. The molecule has 0 spiro atoms. The summed E-state index contributed by atoms with van der Waals surface area (Å²) in [7, 11) is -2.27. The summed E-state index contributed by atoms with van der Waals surface area (Å²) in [6.45, 7) is 0.0652. The van der Waals surface area contributed by atoms with Crippen molar-refractivity contribution in [3.05, 3.63) is 23.2 Å². The second-order valence-electron chi connectivity index (χ2n) is 4.87. The number of rotatable bonds is 6. The fraction of sp³-hybridized carbons (Fsp3) is 0.462. The average molecular weight is 349 g/mol. The molecule has 22 heavy (non-hydrogen) atoms. The van der Waals surface area contributed by atoms with E-state index in [-0.39, 0.29) is 22.6 Å². The van der Waals surface area contributed by atoms with Crippen molar-refractivity contribution < 1.29 is 22.7 Å². The number of nitrogens with one attached hydrogen (secondary N) is 1. The fourth-order valence-corrected chi connectivity index (χ4v) is 3.58. The minimum Gasteiger partial charge on any atom is -0.495 e. The van der Waals surface area contributed by atoms with Gasteiger partial charge in [0.05, 0.1) is 23.1 Å². The number of halogens is 1. The van der Waals surface area contributed by atoms with Crippen LogP contribution in [0.4, 0.5) is 0 Å². The molecule has 1 heterocycles. The van der Waals surface area contributed by atoms with Gasteiger partial charge in [-0.3, -0.25) is 4.79 Å². The van der Waals surface area contributed by atoms with Crippen molar-refractivity contribution in [1.29, 1.82) is 0 Å². The smallest absolute Gasteiger partial charge is 0.246 e. The van der Waals surface area contributed by atoms with Gasteiger partial charge in [-0.05, 0) is 31.0 Å². The van der Waals surface area contributed by atoms with Gasteiger partial charge in [0.15, 0.2) is 0 Å². The van der Waals surface area contributed by atoms with Crippen molar-refractivity contribution >= 4 is 27.5 Å². The van der Waals surface area contributed by atoms with E-state index in [9.17, 15) is 13.2 Å². The summed E-state index contributed by atoms with van der Waals surface area (Å²) in [5, 5.41) is 0.205. The zero-order chi connectivity index (χ0) is 16.3. The molecule has 0 aromatic heterocycles. The predicted molar refractivity (Wildman–Crippen MR) is 80.3 cm³/mol. The van der Waals surface area contributed by atoms with Crippen LogP contribution in [0.25, 0.3) is 0 Å². The van der Waals surface area contributed by atoms with Crippen molar-refractivity contribution in [2.24, 2.45) is 5.73 Å². The molecule has 1 fully saturated rings. The molecule has 1 aliphatic rings. The van der Waals surface area contributed by atoms with Gasteiger partial charge in [0.2, 0.25) is 15.9 Å². The molecule has 122 valence electrons. The third-order valence-electron chi connectivity index (χ3n) is 3.36. The number of hydrogen-bond donors (Lipinski definition) is 2. The van der Waals surface area contributed by atoms with Crippen LogP contribution in [0.2, 0.25) is 5.02 Å². The molecule has 2 atom stereocenters. The maximum atomic E-state index is 12.2. The quantitative estimate of drug-likeness (QED) is 0.785. The highest BCUT2D eigenvalue weighted by molar-refractivity contribution is 7.89. The van der Waals surface area contributed by atoms with Crippen LogP contribution in [-0.2, 0) is 19.6 Å². The third kappa shape index (κ3) is 3.89. The minimum atomic E-state index is -3.72. The van der Waals surface area contributed by atoms with E-state index in [4.69, 9.17) is 26.8 Å². The van der Waals surface area contributed by atoms with Gasteiger partial charge >= 0.3 is 0 Å². The van der Waals surface area contributed by atoms with Crippen molar-refractivity contribution in [2.75, 3.05) is 13.7 Å². The number of methoxy groups -OCH3 is 1. The lowest BCUT2D eigenvalue weighted by molar-refractivity contribution is -0.128. The molecule has 0 unspecified atom stereocenters. The molecule has 1 amide bonds. The number of primary amides is 1. The fourth-order valence-electron chi connectivity index (χ4n) is 2.17. The van der Waals surface area contributed by atoms with Gasteiger partial charge in [-0.15, -0.1) is 0 Å². The molecule has 1 aliphatic heterocycles. The van der Waals surface area contributed by atoms with Gasteiger partial charge in [-0.25, -0.2) is 13.1 Å². The highest BCUT2D eigenvalue weighted by Crippen LogP contribution is 2.27. The SMILES string of the molecule is COc1ccc(S(=O)(=O)NC[C@H]2CC[C@H](C(N)=O)O2)cc1Cl. The van der Waals surface area contributed by atoms with Crippen LogP contribution < -0.4 is 15.2 Å². The average Bonchev–Trinajstić information content (AvgIpc) is 2.94. The van der Waals surface area contributed by atoms with Crippen molar-refractivity contribution in [3.63, 3.8) is 0 Å². The van der Waals surface area contributed by atoms with Gasteiger partial charge in [0.25, 0.3) is 0 Å². The zero-order valence-corrected chi connectivity index (χ0v) is 13.5. The number of nitrogens with two attached hydrogens (primary N) is 1. The molecule has 9 heteroatoms. The monoisotopic (exact) mass is 348 g/mol. The number of ether oxygens (including phenoxy) is 2. The number of sulfonamides is 1. The molecule has 3 N–H and O–H groups in total. The molecule has 0 bridgehead atoms. The Bertz CT molecular complexity index is 664. The predicted octanol–water partition coefficient (Wildman–Crippen LogP) is 0.660. The summed E-state index contributed by atoms with van der Waals surface area (Å²) in [6, 6.07) is 4.19. The van der Waals surface area contributed by atoms with Crippen LogP contribution in [0, 0.1) is 0 Å². The van der Waals surface area contributed by atoms with Gasteiger partial charge in [0.1, 0.15) is 11.9 Å². The Morgan fingerprint density at radius 3 is 2.77 bits per heavy atom. The Labute approximate surface area is 133 Å². The molecule has 0 radical (unpaired) electrons. The van der Waals surface area contributed by atoms with Crippen LogP contribution in [0.5, 0.6) is 5.75 Å². The summed E-state index contributed by atoms with van der Waals surface area (Å²) >= 11 is 5.92. The maximum Gasteiger partial charge on any atom is 0.246 e. The van der Waals surface area contributed by atoms with Crippen LogP contribution in [0.15, 0.2) is 23.1 Å². The first-order valence-corrected chi connectivity index (χ1v) is 8.47. The number of carbonyl (C=O) groups excluding carboxylic acids is 1. The van der Waals surface area contributed by atoms with E-state index in [1.165, 1.54) is 25.3 Å². The van der Waals surface area contributed by atoms with Gasteiger partial charge in [-0.1, -0.05) is 11.6 Å². The highest BCUT2D eigenvalue weighted by atomic mass is 35.5. The van der Waals surface area contributed by atoms with E-state index < -0.39 is 22.0 Å². The van der Waals surface area contributed by atoms with Crippen LogP contribution in [0.3, 0.4) is 0 Å². The topological polar surface area (TPSA) is 108 Å². The van der Waals surface area contributed by atoms with Crippen LogP contribution in [0.1, 0.15) is 12.8 Å². The van der Waals surface area contributed by atoms with Crippen LogP contribution in [-0.4, -0.2) is 40.2 Å². The lowest BCUT2D eigenvalue weighted by Gasteiger charge is -2.13. The van der Waals surface area contributed by atoms with Crippen molar-refractivity contribution in [2.45, 2.75) is 29.9 Å². The van der Waals surface area contributed by atoms with E-state index in [0.29, 0.717) is 18.6 Å². The van der Waals surface area contributed by atoms with E-state index in [2.05, 4.69) is 4.72 Å². The summed E-state index contributed by atoms with van der Waals surface area (Å²) in [6.07, 6.45) is 0.0428. The molecule has 2 rings (SSSR count). The molecule has 0 aliphatic carbocycles. The largest absolute Gasteiger partial charge is 0.495 e. The second kappa shape index (κ2) is 6.82. The zero-order valence-electron chi connectivity index (χ0n) is 11.9. The summed E-state index contributed by atoms with van der Waals surface area (Å²) in [4.78, 5) is 11.0. The standard InChI is InChI=1S/C13H17ClN2O5S/c1-20-11-5-3-9(6-10(11)14)22(18,19)16-7-8-2-4-12(21-8)13(15)17/h3,5-6,8,12,16H,2,4,7H2,1H3,(H2,15,17)/t8-,12-/m1/s1. The maximum absolute atomic E-state index is 12.2. The molecular weight excluding hydrogens is 332 g/mol. The van der Waals surface area contributed by atoms with Gasteiger partial charge in [-0.2, -0.15) is 0 Å². The lowest BCUT2D eigenvalue weighted by Crippen LogP contribution is -2.34. The Kier molecular flexibility index (Phi) is 5.28. The third-order valence-corrected chi connectivity index (χ3v) is 5.08. The van der Waals surface area contributed by atoms with Gasteiger partial charge < -0.3 is 15.2 Å². The first-order chi connectivity index (χ1) is 10.3. The Balaban J connectivity index is 2.00. The number of hydrogen-bond acceptors (Lipinski definition) is 5. The van der Waals surface area contributed by atoms with E-state index in [1.807, 2.05) is 0 Å². The molecular formula is C13H17ClN2O5S. The molecule has 0 saturated carbocycles. The first kappa shape index (κ1) is 17.0. The van der Waals surface area contributed by atoms with E-state index in [0.717, 1.165) is 0 Å². The van der Waals surface area contributed by atoms with Crippen molar-refractivity contribution in [3.8, 4) is 5.75 Å². The van der Waals surface area contributed by atoms with Crippen LogP contribution >= 0.6 is 11.6 Å². The summed E-state index contributed by atoms with van der Waals surface area (Å²) in [5.41, 5.74) is 5.15. The summed E-state index contributed by atoms with van der Waals surface area (Å²) in [5.74, 6) is -0.142. The molecule has 1 saturated heterocycles. The van der Waals surface area contributed by atoms with Gasteiger partial charge in [0, 0.05) is 6.54 Å². The Morgan fingerprint density at radius 2 is 2.23 bits per heavy atom. The second-order valence-corrected chi connectivity index (χ2v) is 7.05. The number of benzene rings is 1. The lowest BCUT2D eigenvalue weighted by atomic mass is 10.2. The van der Waals surface area contributed by atoms with Crippen molar-refractivity contribution in [1.82, 2.24) is 4.72 Å². The van der Waals surface area contributed by atoms with E-state index in [1.54, 1.807) is 0 Å². The molecule has 7 nitrogen and oxygen atoms in total.